The van der Waals surface area contributed by atoms with E-state index >= 15 is 0 Å². The van der Waals surface area contributed by atoms with Gasteiger partial charge in [0, 0.05) is 37.9 Å². The lowest BCUT2D eigenvalue weighted by molar-refractivity contribution is 0.0754. The van der Waals surface area contributed by atoms with Crippen LogP contribution in [-0.4, -0.2) is 51.4 Å². The second-order valence-corrected chi connectivity index (χ2v) is 5.98. The Morgan fingerprint density at radius 1 is 1.10 bits per heavy atom. The molecule has 2 aliphatic heterocycles. The van der Waals surface area contributed by atoms with Gasteiger partial charge in [0.1, 0.15) is 0 Å². The van der Waals surface area contributed by atoms with Crippen molar-refractivity contribution in [3.05, 3.63) is 30.5 Å². The van der Waals surface area contributed by atoms with E-state index in [0.29, 0.717) is 11.3 Å². The number of hydrogen-bond donors (Lipinski definition) is 1. The van der Waals surface area contributed by atoms with E-state index in [1.54, 1.807) is 12.4 Å². The molecule has 0 unspecified atom stereocenters. The number of carbonyl (C=O) groups excluding carboxylic acids is 1. The average molecular weight is 285 g/mol. The molecule has 2 aliphatic rings. The summed E-state index contributed by atoms with van der Waals surface area (Å²) in [5.41, 5.74) is 1.11. The van der Waals surface area contributed by atoms with Crippen LogP contribution in [0.25, 0.3) is 5.65 Å². The molecule has 110 valence electrons. The summed E-state index contributed by atoms with van der Waals surface area (Å²) in [4.78, 5) is 23.3. The topological polar surface area (TPSA) is 62.5 Å². The molecule has 1 N–H and O–H groups in total. The van der Waals surface area contributed by atoms with Crippen LogP contribution in [0.2, 0.25) is 0 Å². The molecule has 4 rings (SSSR count). The van der Waals surface area contributed by atoms with Crippen LogP contribution in [-0.2, 0) is 0 Å². The first-order valence-corrected chi connectivity index (χ1v) is 7.60. The van der Waals surface area contributed by atoms with E-state index in [4.69, 9.17) is 0 Å². The predicted molar refractivity (Wildman–Crippen MR) is 78.0 cm³/mol. The van der Waals surface area contributed by atoms with Gasteiger partial charge >= 0.3 is 0 Å². The molecular weight excluding hydrogens is 266 g/mol. The number of carbonyl (C=O) groups is 1. The van der Waals surface area contributed by atoms with Crippen molar-refractivity contribution in [1.29, 1.82) is 0 Å². The molecule has 2 aromatic heterocycles. The maximum absolute atomic E-state index is 12.8. The molecule has 2 aromatic rings. The number of likely N-dealkylation sites (tertiary alicyclic amines) is 1. The Morgan fingerprint density at radius 3 is 2.48 bits per heavy atom. The van der Waals surface area contributed by atoms with Gasteiger partial charge in [-0.2, -0.15) is 0 Å². The predicted octanol–water partition coefficient (Wildman–Crippen LogP) is 0.801. The summed E-state index contributed by atoms with van der Waals surface area (Å²) in [6.07, 6.45) is 9.19. The summed E-state index contributed by atoms with van der Waals surface area (Å²) in [6.45, 7) is 3.85. The molecule has 21 heavy (non-hydrogen) atoms. The average Bonchev–Trinajstić information content (AvgIpc) is 3.11. The molecule has 0 bridgehead atoms. The van der Waals surface area contributed by atoms with Crippen LogP contribution in [0.3, 0.4) is 0 Å². The van der Waals surface area contributed by atoms with Gasteiger partial charge in [-0.3, -0.25) is 4.79 Å². The summed E-state index contributed by atoms with van der Waals surface area (Å²) in [5.74, 6) is 1.45. The van der Waals surface area contributed by atoms with Gasteiger partial charge in [-0.05, 0) is 37.8 Å². The second-order valence-electron chi connectivity index (χ2n) is 5.98. The zero-order valence-corrected chi connectivity index (χ0v) is 11.9. The van der Waals surface area contributed by atoms with Gasteiger partial charge in [0.2, 0.25) is 0 Å². The number of fused-ring (bicyclic) bond motifs is 2. The summed E-state index contributed by atoms with van der Waals surface area (Å²) in [6, 6.07) is 0. The van der Waals surface area contributed by atoms with Crippen LogP contribution in [0.15, 0.2) is 24.8 Å². The summed E-state index contributed by atoms with van der Waals surface area (Å²) in [5, 5.41) is 3.46. The van der Waals surface area contributed by atoms with Gasteiger partial charge in [0.05, 0.1) is 0 Å². The third-order valence-corrected chi connectivity index (χ3v) is 4.82. The second kappa shape index (κ2) is 5.11. The maximum atomic E-state index is 12.8. The van der Waals surface area contributed by atoms with Crippen molar-refractivity contribution in [1.82, 2.24) is 24.6 Å². The maximum Gasteiger partial charge on any atom is 0.276 e. The highest BCUT2D eigenvalue weighted by molar-refractivity contribution is 5.97. The van der Waals surface area contributed by atoms with Gasteiger partial charge in [0.25, 0.3) is 5.91 Å². The summed E-state index contributed by atoms with van der Waals surface area (Å²) < 4.78 is 1.84. The van der Waals surface area contributed by atoms with E-state index in [1.807, 2.05) is 21.7 Å². The van der Waals surface area contributed by atoms with Crippen molar-refractivity contribution in [3.63, 3.8) is 0 Å². The summed E-state index contributed by atoms with van der Waals surface area (Å²) in [7, 11) is 0. The van der Waals surface area contributed by atoms with E-state index in [0.717, 1.165) is 50.9 Å². The Labute approximate surface area is 123 Å². The van der Waals surface area contributed by atoms with Crippen molar-refractivity contribution in [2.24, 2.45) is 11.8 Å². The lowest BCUT2D eigenvalue weighted by Crippen LogP contribution is -2.33. The van der Waals surface area contributed by atoms with E-state index in [1.165, 1.54) is 0 Å². The van der Waals surface area contributed by atoms with Crippen molar-refractivity contribution in [3.8, 4) is 0 Å². The molecule has 1 amide bonds. The molecule has 0 saturated carbocycles. The van der Waals surface area contributed by atoms with Crippen LogP contribution in [0.4, 0.5) is 0 Å². The lowest BCUT2D eigenvalue weighted by Gasteiger charge is -2.20. The number of aromatic nitrogens is 3. The van der Waals surface area contributed by atoms with Gasteiger partial charge in [-0.1, -0.05) is 0 Å². The molecular formula is C15H19N5O. The number of rotatable bonds is 1. The Morgan fingerprint density at radius 2 is 1.76 bits per heavy atom. The molecule has 0 aliphatic carbocycles. The molecule has 2 saturated heterocycles. The van der Waals surface area contributed by atoms with Gasteiger partial charge in [-0.15, -0.1) is 0 Å². The Kier molecular flexibility index (Phi) is 3.11. The SMILES string of the molecule is O=C(c1nccn2ccnc12)N1CC[C@@H]2CNC[C@@H]2CC1. The van der Waals surface area contributed by atoms with E-state index in [-0.39, 0.29) is 5.91 Å². The monoisotopic (exact) mass is 285 g/mol. The fourth-order valence-electron chi connectivity index (χ4n) is 3.58. The minimum Gasteiger partial charge on any atom is -0.337 e. The molecule has 0 aromatic carbocycles. The minimum absolute atomic E-state index is 0.0136. The van der Waals surface area contributed by atoms with E-state index in [9.17, 15) is 4.79 Å². The number of amides is 1. The van der Waals surface area contributed by atoms with Crippen LogP contribution >= 0.6 is 0 Å². The molecule has 0 spiro atoms. The van der Waals surface area contributed by atoms with E-state index in [2.05, 4.69) is 15.3 Å². The van der Waals surface area contributed by atoms with Crippen LogP contribution < -0.4 is 5.32 Å². The third kappa shape index (κ3) is 2.19. The first-order chi connectivity index (χ1) is 10.3. The molecule has 6 nitrogen and oxygen atoms in total. The fourth-order valence-corrected chi connectivity index (χ4v) is 3.58. The first-order valence-electron chi connectivity index (χ1n) is 7.60. The molecule has 6 heteroatoms. The standard InChI is InChI=1S/C15H19N5O/c21-15(13-14-18-4-8-19(14)7-3-17-13)20-5-1-11-9-16-10-12(11)2-6-20/h3-4,7-8,11-12,16H,1-2,5-6,9-10H2/t11-,12+. The highest BCUT2D eigenvalue weighted by atomic mass is 16.2. The smallest absolute Gasteiger partial charge is 0.276 e. The number of nitrogens with one attached hydrogen (secondary N) is 1. The van der Waals surface area contributed by atoms with E-state index < -0.39 is 0 Å². The number of hydrogen-bond acceptors (Lipinski definition) is 4. The van der Waals surface area contributed by atoms with Gasteiger partial charge in [0.15, 0.2) is 11.3 Å². The first kappa shape index (κ1) is 12.8. The van der Waals surface area contributed by atoms with Crippen LogP contribution in [0.5, 0.6) is 0 Å². The Bertz CT molecular complexity index is 653. The number of imidazole rings is 1. The quantitative estimate of drug-likeness (QED) is 0.842. The fraction of sp³-hybridized carbons (Fsp3) is 0.533. The highest BCUT2D eigenvalue weighted by Gasteiger charge is 2.32. The Balaban J connectivity index is 1.58. The zero-order chi connectivity index (χ0) is 14.2. The van der Waals surface area contributed by atoms with Gasteiger partial charge in [-0.25, -0.2) is 9.97 Å². The summed E-state index contributed by atoms with van der Waals surface area (Å²) >= 11 is 0. The molecule has 0 radical (unpaired) electrons. The molecule has 2 fully saturated rings. The zero-order valence-electron chi connectivity index (χ0n) is 11.9. The van der Waals surface area contributed by atoms with Crippen molar-refractivity contribution in [2.75, 3.05) is 26.2 Å². The lowest BCUT2D eigenvalue weighted by atomic mass is 9.92. The largest absolute Gasteiger partial charge is 0.337 e. The van der Waals surface area contributed by atoms with Crippen LogP contribution in [0.1, 0.15) is 23.3 Å². The minimum atomic E-state index is 0.0136. The normalized spacial score (nSPS) is 25.8. The Hall–Kier alpha value is -1.95. The number of nitrogens with zero attached hydrogens (tertiary/aromatic N) is 4. The van der Waals surface area contributed by atoms with Crippen LogP contribution in [0, 0.1) is 11.8 Å². The van der Waals surface area contributed by atoms with Crippen molar-refractivity contribution < 1.29 is 4.79 Å². The third-order valence-electron chi connectivity index (χ3n) is 4.82. The highest BCUT2D eigenvalue weighted by Crippen LogP contribution is 2.27. The molecule has 2 atom stereocenters. The van der Waals surface area contributed by atoms with Crippen molar-refractivity contribution in [2.45, 2.75) is 12.8 Å². The van der Waals surface area contributed by atoms with Gasteiger partial charge < -0.3 is 14.6 Å². The molecule has 4 heterocycles. The van der Waals surface area contributed by atoms with Crippen molar-refractivity contribution >= 4 is 11.6 Å².